The van der Waals surface area contributed by atoms with Crippen LogP contribution in [-0.2, 0) is 0 Å². The van der Waals surface area contributed by atoms with E-state index in [4.69, 9.17) is 9.72 Å². The minimum atomic E-state index is 0.902. The zero-order valence-electron chi connectivity index (χ0n) is 12.9. The Balaban J connectivity index is 1.91. The lowest BCUT2D eigenvalue weighted by molar-refractivity contribution is 0.412. The van der Waals surface area contributed by atoms with E-state index in [-0.39, 0.29) is 0 Å². The zero-order valence-corrected chi connectivity index (χ0v) is 13.7. The Bertz CT molecular complexity index is 781. The molecule has 0 fully saturated rings. The minimum Gasteiger partial charge on any atom is -0.496 e. The molecule has 1 N–H and O–H groups in total. The lowest BCUT2D eigenvalue weighted by atomic mass is 10.1. The maximum atomic E-state index is 5.32. The third kappa shape index (κ3) is 2.97. The molecule has 3 nitrogen and oxygen atoms in total. The fraction of sp³-hybridized carbons (Fsp3) is 0.167. The van der Waals surface area contributed by atoms with Crippen molar-refractivity contribution in [1.29, 1.82) is 0 Å². The van der Waals surface area contributed by atoms with Gasteiger partial charge in [0.25, 0.3) is 0 Å². The Morgan fingerprint density at radius 1 is 1.05 bits per heavy atom. The maximum Gasteiger partial charge on any atom is 0.187 e. The van der Waals surface area contributed by atoms with Crippen LogP contribution in [0.5, 0.6) is 5.75 Å². The summed E-state index contributed by atoms with van der Waals surface area (Å²) in [7, 11) is 1.69. The number of aromatic nitrogens is 1. The van der Waals surface area contributed by atoms with Crippen molar-refractivity contribution in [2.24, 2.45) is 0 Å². The van der Waals surface area contributed by atoms with Crippen molar-refractivity contribution in [3.8, 4) is 17.0 Å². The molecule has 3 aromatic rings. The Morgan fingerprint density at radius 2 is 1.82 bits per heavy atom. The SMILES string of the molecule is COc1ccc(-c2nc(Nc3ccccc3)sc2C)cc1C. The van der Waals surface area contributed by atoms with E-state index in [1.54, 1.807) is 18.4 Å². The highest BCUT2D eigenvalue weighted by molar-refractivity contribution is 7.16. The van der Waals surface area contributed by atoms with Crippen LogP contribution in [0.2, 0.25) is 0 Å². The van der Waals surface area contributed by atoms with E-state index in [1.807, 2.05) is 43.3 Å². The lowest BCUT2D eigenvalue weighted by Crippen LogP contribution is -1.90. The molecule has 0 amide bonds. The van der Waals surface area contributed by atoms with Crippen molar-refractivity contribution in [3.63, 3.8) is 0 Å². The van der Waals surface area contributed by atoms with Crippen LogP contribution in [0.1, 0.15) is 10.4 Å². The molecule has 0 aliphatic heterocycles. The minimum absolute atomic E-state index is 0.902. The monoisotopic (exact) mass is 310 g/mol. The van der Waals surface area contributed by atoms with Crippen LogP contribution in [0, 0.1) is 13.8 Å². The molecule has 1 aromatic heterocycles. The van der Waals surface area contributed by atoms with Gasteiger partial charge >= 0.3 is 0 Å². The highest BCUT2D eigenvalue weighted by atomic mass is 32.1. The fourth-order valence-corrected chi connectivity index (χ4v) is 3.24. The van der Waals surface area contributed by atoms with Gasteiger partial charge in [-0.2, -0.15) is 0 Å². The van der Waals surface area contributed by atoms with Crippen LogP contribution in [0.15, 0.2) is 48.5 Å². The number of thiazole rings is 1. The second kappa shape index (κ2) is 6.20. The highest BCUT2D eigenvalue weighted by Crippen LogP contribution is 2.33. The molecule has 0 spiro atoms. The number of hydrogen-bond acceptors (Lipinski definition) is 4. The van der Waals surface area contributed by atoms with E-state index in [9.17, 15) is 0 Å². The second-order valence-electron chi connectivity index (χ2n) is 5.10. The first-order valence-corrected chi connectivity index (χ1v) is 7.93. The average molecular weight is 310 g/mol. The van der Waals surface area contributed by atoms with Crippen LogP contribution >= 0.6 is 11.3 Å². The largest absolute Gasteiger partial charge is 0.496 e. The van der Waals surface area contributed by atoms with E-state index in [1.165, 1.54) is 4.88 Å². The molecule has 4 heteroatoms. The Hall–Kier alpha value is -2.33. The summed E-state index contributed by atoms with van der Waals surface area (Å²) >= 11 is 1.67. The number of hydrogen-bond donors (Lipinski definition) is 1. The first kappa shape index (κ1) is 14.6. The van der Waals surface area contributed by atoms with Crippen LogP contribution < -0.4 is 10.1 Å². The van der Waals surface area contributed by atoms with Gasteiger partial charge in [-0.05, 0) is 49.7 Å². The van der Waals surface area contributed by atoms with Gasteiger partial charge in [0.05, 0.1) is 12.8 Å². The van der Waals surface area contributed by atoms with E-state index in [0.29, 0.717) is 0 Å². The quantitative estimate of drug-likeness (QED) is 0.721. The molecule has 0 atom stereocenters. The van der Waals surface area contributed by atoms with Crippen LogP contribution in [0.25, 0.3) is 11.3 Å². The molecule has 0 unspecified atom stereocenters. The van der Waals surface area contributed by atoms with Crippen LogP contribution in [0.3, 0.4) is 0 Å². The van der Waals surface area contributed by atoms with Gasteiger partial charge in [0.1, 0.15) is 5.75 Å². The van der Waals surface area contributed by atoms with Gasteiger partial charge in [0.15, 0.2) is 5.13 Å². The van der Waals surface area contributed by atoms with Crippen molar-refractivity contribution >= 4 is 22.2 Å². The maximum absolute atomic E-state index is 5.32. The molecule has 0 bridgehead atoms. The van der Waals surface area contributed by atoms with Gasteiger partial charge in [0, 0.05) is 16.1 Å². The predicted molar refractivity (Wildman–Crippen MR) is 93.3 cm³/mol. The summed E-state index contributed by atoms with van der Waals surface area (Å²) in [5, 5.41) is 4.26. The van der Waals surface area contributed by atoms with Gasteiger partial charge in [-0.25, -0.2) is 4.98 Å². The Kier molecular flexibility index (Phi) is 4.11. The summed E-state index contributed by atoms with van der Waals surface area (Å²) in [5.41, 5.74) is 4.31. The molecule has 0 aliphatic carbocycles. The van der Waals surface area contributed by atoms with Crippen molar-refractivity contribution in [1.82, 2.24) is 4.98 Å². The van der Waals surface area contributed by atoms with Crippen molar-refractivity contribution < 1.29 is 4.74 Å². The first-order valence-electron chi connectivity index (χ1n) is 7.12. The molecular weight excluding hydrogens is 292 g/mol. The second-order valence-corrected chi connectivity index (χ2v) is 6.30. The Labute approximate surface area is 134 Å². The molecule has 3 rings (SSSR count). The topological polar surface area (TPSA) is 34.1 Å². The van der Waals surface area contributed by atoms with Gasteiger partial charge in [-0.1, -0.05) is 18.2 Å². The summed E-state index contributed by atoms with van der Waals surface area (Å²) in [6, 6.07) is 16.3. The number of anilines is 2. The van der Waals surface area contributed by atoms with Gasteiger partial charge < -0.3 is 10.1 Å². The molecule has 1 heterocycles. The first-order chi connectivity index (χ1) is 10.7. The number of aryl methyl sites for hydroxylation is 2. The molecule has 0 saturated heterocycles. The number of ether oxygens (including phenoxy) is 1. The lowest BCUT2D eigenvalue weighted by Gasteiger charge is -2.06. The standard InChI is InChI=1S/C18H18N2OS/c1-12-11-14(9-10-16(12)21-3)17-13(2)22-18(20-17)19-15-7-5-4-6-8-15/h4-11H,1-3H3,(H,19,20). The molecule has 0 saturated carbocycles. The number of para-hydroxylation sites is 1. The van der Waals surface area contributed by atoms with Crippen molar-refractivity contribution in [2.75, 3.05) is 12.4 Å². The highest BCUT2D eigenvalue weighted by Gasteiger charge is 2.11. The molecule has 112 valence electrons. The van der Waals surface area contributed by atoms with E-state index in [0.717, 1.165) is 33.4 Å². The molecule has 0 aliphatic rings. The van der Waals surface area contributed by atoms with Gasteiger partial charge in [-0.15, -0.1) is 11.3 Å². The number of methoxy groups -OCH3 is 1. The summed E-state index contributed by atoms with van der Waals surface area (Å²) in [6.45, 7) is 4.15. The Morgan fingerprint density at radius 3 is 2.50 bits per heavy atom. The van der Waals surface area contributed by atoms with Crippen LogP contribution in [0.4, 0.5) is 10.8 Å². The van der Waals surface area contributed by atoms with E-state index < -0.39 is 0 Å². The van der Waals surface area contributed by atoms with Gasteiger partial charge in [-0.3, -0.25) is 0 Å². The molecule has 0 radical (unpaired) electrons. The molecular formula is C18H18N2OS. The smallest absolute Gasteiger partial charge is 0.187 e. The zero-order chi connectivity index (χ0) is 15.5. The number of nitrogens with zero attached hydrogens (tertiary/aromatic N) is 1. The predicted octanol–water partition coefficient (Wildman–Crippen LogP) is 5.18. The summed E-state index contributed by atoms with van der Waals surface area (Å²) < 4.78 is 5.32. The summed E-state index contributed by atoms with van der Waals surface area (Å²) in [5.74, 6) is 0.902. The van der Waals surface area contributed by atoms with E-state index >= 15 is 0 Å². The third-order valence-corrected chi connectivity index (χ3v) is 4.38. The number of benzene rings is 2. The summed E-state index contributed by atoms with van der Waals surface area (Å²) in [6.07, 6.45) is 0. The fourth-order valence-electron chi connectivity index (χ4n) is 2.39. The number of rotatable bonds is 4. The van der Waals surface area contributed by atoms with Gasteiger partial charge in [0.2, 0.25) is 0 Å². The van der Waals surface area contributed by atoms with Crippen molar-refractivity contribution in [2.45, 2.75) is 13.8 Å². The molecule has 22 heavy (non-hydrogen) atoms. The average Bonchev–Trinajstić information content (AvgIpc) is 2.88. The van der Waals surface area contributed by atoms with Crippen LogP contribution in [-0.4, -0.2) is 12.1 Å². The number of nitrogens with one attached hydrogen (secondary N) is 1. The van der Waals surface area contributed by atoms with E-state index in [2.05, 4.69) is 24.4 Å². The summed E-state index contributed by atoms with van der Waals surface area (Å²) in [4.78, 5) is 5.94. The normalized spacial score (nSPS) is 10.5. The third-order valence-electron chi connectivity index (χ3n) is 3.49. The molecule has 2 aromatic carbocycles. The van der Waals surface area contributed by atoms with Crippen molar-refractivity contribution in [3.05, 3.63) is 59.0 Å².